The molecule has 0 bridgehead atoms. The number of amides is 1. The molecule has 3 aliphatic rings. The number of nitrogens with zero attached hydrogens (tertiary/aromatic N) is 2. The molecule has 1 aliphatic carbocycles. The van der Waals surface area contributed by atoms with E-state index in [2.05, 4.69) is 15.4 Å². The molecule has 1 aromatic heterocycles. The number of halogens is 1. The van der Waals surface area contributed by atoms with E-state index in [9.17, 15) is 9.18 Å². The predicted molar refractivity (Wildman–Crippen MR) is 133 cm³/mol. The van der Waals surface area contributed by atoms with Crippen LogP contribution < -0.4 is 14.8 Å². The molecule has 2 aliphatic heterocycles. The quantitative estimate of drug-likeness (QED) is 0.505. The zero-order valence-electron chi connectivity index (χ0n) is 20.4. The topological polar surface area (TPSA) is 76.8 Å². The third-order valence-corrected chi connectivity index (χ3v) is 8.11. The number of hydrogen-bond donors (Lipinski definition) is 1. The van der Waals surface area contributed by atoms with Crippen LogP contribution in [0.25, 0.3) is 11.0 Å². The first-order valence-electron chi connectivity index (χ1n) is 13.1. The van der Waals surface area contributed by atoms with Crippen LogP contribution in [-0.4, -0.2) is 48.4 Å². The Morgan fingerprint density at radius 3 is 2.64 bits per heavy atom. The summed E-state index contributed by atoms with van der Waals surface area (Å²) in [6, 6.07) is 10.3. The van der Waals surface area contributed by atoms with Crippen molar-refractivity contribution in [1.29, 1.82) is 0 Å². The Morgan fingerprint density at radius 2 is 1.81 bits per heavy atom. The van der Waals surface area contributed by atoms with Crippen LogP contribution in [0.5, 0.6) is 11.5 Å². The smallest absolute Gasteiger partial charge is 0.251 e. The van der Waals surface area contributed by atoms with Gasteiger partial charge in [0.1, 0.15) is 5.82 Å². The molecule has 0 atom stereocenters. The maximum atomic E-state index is 13.4. The molecule has 2 fully saturated rings. The van der Waals surface area contributed by atoms with Gasteiger partial charge in [-0.1, -0.05) is 5.16 Å². The minimum atomic E-state index is -0.291. The molecule has 2 aromatic carbocycles. The second-order valence-electron chi connectivity index (χ2n) is 10.4. The maximum absolute atomic E-state index is 13.4. The Morgan fingerprint density at radius 1 is 1.00 bits per heavy atom. The summed E-state index contributed by atoms with van der Waals surface area (Å²) < 4.78 is 29.5. The average Bonchev–Trinajstić information content (AvgIpc) is 3.55. The van der Waals surface area contributed by atoms with Gasteiger partial charge in [-0.2, -0.15) is 0 Å². The highest BCUT2D eigenvalue weighted by atomic mass is 19.1. The lowest BCUT2D eigenvalue weighted by Gasteiger charge is -2.34. The molecule has 0 spiro atoms. The molecule has 1 saturated heterocycles. The first-order chi connectivity index (χ1) is 17.6. The number of carbonyl (C=O) groups is 1. The second-order valence-corrected chi connectivity index (χ2v) is 10.4. The highest BCUT2D eigenvalue weighted by Gasteiger charge is 2.27. The standard InChI is InChI=1S/C28H32FN3O4/c29-21-4-7-23-25(16-21)36-31-27(23)19-10-13-32(14-11-19)12-9-18-1-5-22(6-2-18)30-28(33)20-3-8-24-26(15-20)35-17-34-24/h3-4,7-8,15-16,18-19,22H,1-2,5-6,9-14,17H2,(H,30,33). The Labute approximate surface area is 209 Å². The number of fused-ring (bicyclic) bond motifs is 2. The highest BCUT2D eigenvalue weighted by Crippen LogP contribution is 2.35. The lowest BCUT2D eigenvalue weighted by molar-refractivity contribution is 0.0918. The SMILES string of the molecule is O=C(NC1CCC(CCN2CCC(c3noc4cc(F)ccc34)CC2)CC1)c1ccc2c(c1)OCO2. The van der Waals surface area contributed by atoms with Gasteiger partial charge in [0, 0.05) is 29.0 Å². The summed E-state index contributed by atoms with van der Waals surface area (Å²) in [4.78, 5) is 15.2. The number of ether oxygens (including phenoxy) is 2. The van der Waals surface area contributed by atoms with E-state index in [1.165, 1.54) is 18.6 Å². The number of aromatic nitrogens is 1. The molecule has 8 heteroatoms. The molecular formula is C28H32FN3O4. The maximum Gasteiger partial charge on any atom is 0.251 e. The number of nitrogens with one attached hydrogen (secondary N) is 1. The number of carbonyl (C=O) groups excluding carboxylic acids is 1. The van der Waals surface area contributed by atoms with E-state index in [0.29, 0.717) is 28.6 Å². The Bertz CT molecular complexity index is 1230. The summed E-state index contributed by atoms with van der Waals surface area (Å²) in [5, 5.41) is 8.41. The fourth-order valence-corrected chi connectivity index (χ4v) is 5.92. The molecule has 3 heterocycles. The van der Waals surface area contributed by atoms with E-state index >= 15 is 0 Å². The zero-order chi connectivity index (χ0) is 24.5. The molecule has 0 unspecified atom stereocenters. The van der Waals surface area contributed by atoms with Crippen molar-refractivity contribution in [3.8, 4) is 11.5 Å². The van der Waals surface area contributed by atoms with E-state index in [-0.39, 0.29) is 24.6 Å². The Balaban J connectivity index is 0.924. The van der Waals surface area contributed by atoms with Crippen molar-refractivity contribution < 1.29 is 23.2 Å². The van der Waals surface area contributed by atoms with E-state index in [1.54, 1.807) is 24.3 Å². The van der Waals surface area contributed by atoms with Crippen LogP contribution in [0, 0.1) is 11.7 Å². The van der Waals surface area contributed by atoms with Crippen LogP contribution in [-0.2, 0) is 0 Å². The van der Waals surface area contributed by atoms with E-state index in [4.69, 9.17) is 14.0 Å². The molecule has 1 N–H and O–H groups in total. The third kappa shape index (κ3) is 4.91. The summed E-state index contributed by atoms with van der Waals surface area (Å²) in [5.74, 6) is 2.10. The number of hydrogen-bond acceptors (Lipinski definition) is 6. The van der Waals surface area contributed by atoms with Crippen molar-refractivity contribution in [2.75, 3.05) is 26.4 Å². The Hall–Kier alpha value is -3.13. The van der Waals surface area contributed by atoms with Crippen molar-refractivity contribution in [3.63, 3.8) is 0 Å². The number of rotatable bonds is 6. The summed E-state index contributed by atoms with van der Waals surface area (Å²) in [5.41, 5.74) is 2.14. The molecule has 7 nitrogen and oxygen atoms in total. The van der Waals surface area contributed by atoms with Gasteiger partial charge in [-0.25, -0.2) is 4.39 Å². The highest BCUT2D eigenvalue weighted by molar-refractivity contribution is 5.95. The molecule has 6 rings (SSSR count). The van der Waals surface area contributed by atoms with Crippen LogP contribution in [0.2, 0.25) is 0 Å². The normalized spacial score (nSPS) is 22.7. The van der Waals surface area contributed by atoms with E-state index in [1.807, 2.05) is 0 Å². The molecule has 36 heavy (non-hydrogen) atoms. The van der Waals surface area contributed by atoms with Crippen LogP contribution >= 0.6 is 0 Å². The van der Waals surface area contributed by atoms with Gasteiger partial charge in [-0.05, 0) is 101 Å². The Kier molecular flexibility index (Phi) is 6.52. The molecule has 190 valence electrons. The van der Waals surface area contributed by atoms with Gasteiger partial charge in [0.05, 0.1) is 5.69 Å². The zero-order valence-corrected chi connectivity index (χ0v) is 20.4. The molecule has 0 radical (unpaired) electrons. The van der Waals surface area contributed by atoms with Crippen LogP contribution in [0.15, 0.2) is 40.9 Å². The molecule has 3 aromatic rings. The van der Waals surface area contributed by atoms with Gasteiger partial charge in [0.2, 0.25) is 6.79 Å². The van der Waals surface area contributed by atoms with Gasteiger partial charge >= 0.3 is 0 Å². The monoisotopic (exact) mass is 493 g/mol. The lowest BCUT2D eigenvalue weighted by atomic mass is 9.83. The van der Waals surface area contributed by atoms with Gasteiger partial charge in [-0.15, -0.1) is 0 Å². The van der Waals surface area contributed by atoms with Crippen LogP contribution in [0.3, 0.4) is 0 Å². The number of benzene rings is 2. The van der Waals surface area contributed by atoms with Crippen LogP contribution in [0.4, 0.5) is 4.39 Å². The number of piperidine rings is 1. The molecule has 1 saturated carbocycles. The van der Waals surface area contributed by atoms with Crippen molar-refractivity contribution in [2.24, 2.45) is 5.92 Å². The number of likely N-dealkylation sites (tertiary alicyclic amines) is 1. The molecular weight excluding hydrogens is 461 g/mol. The third-order valence-electron chi connectivity index (χ3n) is 8.11. The van der Waals surface area contributed by atoms with E-state index < -0.39 is 0 Å². The largest absolute Gasteiger partial charge is 0.454 e. The lowest BCUT2D eigenvalue weighted by Crippen LogP contribution is -2.38. The fraction of sp³-hybridized carbons (Fsp3) is 0.500. The summed E-state index contributed by atoms with van der Waals surface area (Å²) >= 11 is 0. The fourth-order valence-electron chi connectivity index (χ4n) is 5.92. The van der Waals surface area contributed by atoms with Crippen molar-refractivity contribution in [1.82, 2.24) is 15.4 Å². The molecule has 1 amide bonds. The van der Waals surface area contributed by atoms with Crippen molar-refractivity contribution in [2.45, 2.75) is 56.9 Å². The second kappa shape index (κ2) is 10.1. The summed E-state index contributed by atoms with van der Waals surface area (Å²) in [6.45, 7) is 3.45. The van der Waals surface area contributed by atoms with Gasteiger partial charge in [0.25, 0.3) is 5.91 Å². The summed E-state index contributed by atoms with van der Waals surface area (Å²) in [7, 11) is 0. The predicted octanol–water partition coefficient (Wildman–Crippen LogP) is 5.25. The minimum Gasteiger partial charge on any atom is -0.454 e. The van der Waals surface area contributed by atoms with Gasteiger partial charge in [0.15, 0.2) is 17.1 Å². The van der Waals surface area contributed by atoms with E-state index in [0.717, 1.165) is 75.2 Å². The van der Waals surface area contributed by atoms with Crippen molar-refractivity contribution >= 4 is 16.9 Å². The first kappa shape index (κ1) is 23.3. The first-order valence-corrected chi connectivity index (χ1v) is 13.1. The van der Waals surface area contributed by atoms with Gasteiger partial charge in [-0.3, -0.25) is 4.79 Å². The van der Waals surface area contributed by atoms with Crippen LogP contribution in [0.1, 0.15) is 66.9 Å². The van der Waals surface area contributed by atoms with Crippen molar-refractivity contribution in [3.05, 3.63) is 53.5 Å². The van der Waals surface area contributed by atoms with Gasteiger partial charge < -0.3 is 24.2 Å². The average molecular weight is 494 g/mol. The summed E-state index contributed by atoms with van der Waals surface area (Å²) in [6.07, 6.45) is 7.69. The minimum absolute atomic E-state index is 0.0374.